The lowest BCUT2D eigenvalue weighted by Crippen LogP contribution is -2.62. The molecule has 2 saturated heterocycles. The highest BCUT2D eigenvalue weighted by Crippen LogP contribution is 2.25. The molecule has 2 fully saturated rings. The minimum absolute atomic E-state index is 0.00194. The van der Waals surface area contributed by atoms with Crippen molar-refractivity contribution in [2.75, 3.05) is 70.5 Å². The number of benzene rings is 3. The molecule has 0 radical (unpaired) electrons. The van der Waals surface area contributed by atoms with Gasteiger partial charge in [-0.1, -0.05) is 88.4 Å². The van der Waals surface area contributed by atoms with Crippen LogP contribution in [0.1, 0.15) is 128 Å². The molecule has 0 saturated carbocycles. The number of aliphatic hydroxyl groups is 3. The van der Waals surface area contributed by atoms with E-state index in [9.17, 15) is 116 Å². The van der Waals surface area contributed by atoms with E-state index >= 15 is 4.79 Å². The van der Waals surface area contributed by atoms with Crippen LogP contribution in [-0.4, -0.2) is 348 Å². The van der Waals surface area contributed by atoms with Crippen molar-refractivity contribution in [3.05, 3.63) is 120 Å². The van der Waals surface area contributed by atoms with Crippen LogP contribution in [0.4, 0.5) is 0 Å². The third-order valence-electron chi connectivity index (χ3n) is 24.0. The van der Waals surface area contributed by atoms with Crippen molar-refractivity contribution in [3.63, 3.8) is 0 Å². The van der Waals surface area contributed by atoms with Crippen LogP contribution in [0, 0.1) is 11.8 Å². The number of nitrogens with two attached hydrogens (primary N) is 3. The average Bonchev–Trinajstić information content (AvgIpc) is 1.63. The first kappa shape index (κ1) is 120. The van der Waals surface area contributed by atoms with Gasteiger partial charge in [0.1, 0.15) is 103 Å². The normalized spacial score (nSPS) is 16.3. The highest BCUT2D eigenvalue weighted by molar-refractivity contribution is 7.80. The van der Waals surface area contributed by atoms with Crippen molar-refractivity contribution in [2.45, 2.75) is 234 Å². The highest BCUT2D eigenvalue weighted by atomic mass is 32.1. The maximum absolute atomic E-state index is 15.0. The number of imidazole rings is 1. The highest BCUT2D eigenvalue weighted by Gasteiger charge is 2.44. The van der Waals surface area contributed by atoms with Gasteiger partial charge < -0.3 is 147 Å². The van der Waals surface area contributed by atoms with E-state index in [4.69, 9.17) is 22.4 Å². The Labute approximate surface area is 862 Å². The summed E-state index contributed by atoms with van der Waals surface area (Å²) in [6.45, 7) is 4.71. The molecule has 810 valence electrons. The number of aromatic nitrogens is 3. The molecule has 2 aliphatic heterocycles. The van der Waals surface area contributed by atoms with Gasteiger partial charge in [0.15, 0.2) is 0 Å². The number of rotatable bonds is 61. The number of carbonyl (C=O) groups excluding carboxylic acids is 20. The number of likely N-dealkylation sites (tertiary alicyclic amines) is 2. The summed E-state index contributed by atoms with van der Waals surface area (Å²) in [5.74, 6) is -17.2. The van der Waals surface area contributed by atoms with E-state index in [-0.39, 0.29) is 126 Å². The number of nitrogens with zero attached hydrogens (tertiary/aromatic N) is 3. The number of aliphatic carboxylic acids is 1. The molecule has 0 spiro atoms. The molecule has 148 heavy (non-hydrogen) atoms. The predicted octanol–water partition coefficient (Wildman–Crippen LogP) is -9.13. The van der Waals surface area contributed by atoms with Gasteiger partial charge in [-0.15, -0.1) is 0 Å². The predicted molar refractivity (Wildman–Crippen MR) is 536 cm³/mol. The zero-order valence-electron chi connectivity index (χ0n) is 82.7. The number of carbonyl (C=O) groups is 21. The molecule has 0 bridgehead atoms. The van der Waals surface area contributed by atoms with Crippen LogP contribution >= 0.6 is 25.3 Å². The number of aliphatic hydroxyl groups excluding tert-OH is 3. The van der Waals surface area contributed by atoms with Crippen LogP contribution in [0.3, 0.4) is 0 Å². The van der Waals surface area contributed by atoms with Gasteiger partial charge in [0, 0.05) is 85.7 Å². The Morgan fingerprint density at radius 1 is 0.459 bits per heavy atom. The van der Waals surface area contributed by atoms with Gasteiger partial charge in [-0.3, -0.25) is 112 Å². The standard InChI is InChI=1S/C94H136N26O26S2/c1-48(2)32-61(84(136)118-79(51(6)123)93(145)112-64(35-54-37-99-58-19-11-10-18-57(54)58)85(137)117-77(49(3)4)91(143)115-68(46-148)87(139)107-60(20-12-13-29-95)94(146)120-31-15-22-70(120)90(142)106-59(27-28-71(96)125)80(132)102-39-72(126)101-43-76(130)131)110-89(141)69-21-14-30-119(69)75(129)42-103-81(133)62(33-52-16-8-7-9-17-52)108-83(135)65(36-55-38-98-47-104-55)109-88(140)67(45-147)114-86(138)66(44-121)113-82(134)63(34-53-23-25-56(124)26-24-53)111-92(144)78(50(5)122)116-74(128)40-100-73(127)41-105-97/h7-11,16-19,23-26,37-38,47-51,59-70,77-79,99,105,121-124,147-148H,12-15,20-22,27-36,39-46,95,97H2,1-6H3,(H2,96,125)(H,98,104)(H,100,127)(H,101,126)(H,102,132)(H,103,133)(H,106,142)(H,107,139)(H,108,135)(H,109,140)(H,110,141)(H,111,144)(H,112,145)(H,113,134)(H,114,138)(H,115,143)(H,116,128)(H,117,137)(H,118,136)(H,130,131)/t50-,51-,59+,60+,61+,62+,63+,64+,65+,66+,67+,68+,69+,70+,77+,78+,79+/m1/s1. The lowest BCUT2D eigenvalue weighted by Gasteiger charge is -2.31. The van der Waals surface area contributed by atoms with E-state index in [1.807, 2.05) is 0 Å². The molecule has 0 aliphatic carbocycles. The first-order valence-electron chi connectivity index (χ1n) is 48.2. The van der Waals surface area contributed by atoms with Crippen LogP contribution in [0.25, 0.3) is 10.9 Å². The summed E-state index contributed by atoms with van der Waals surface area (Å²) in [6, 6.07) is -2.72. The number of H-pyrrole nitrogens is 2. The van der Waals surface area contributed by atoms with Gasteiger partial charge in [0.25, 0.3) is 0 Å². The molecular weight excluding hydrogens is 1970 g/mol. The first-order chi connectivity index (χ1) is 70.4. The summed E-state index contributed by atoms with van der Waals surface area (Å²) in [6.07, 6.45) is 0.157. The number of unbranched alkanes of at least 4 members (excludes halogenated alkanes) is 1. The van der Waals surface area contributed by atoms with Crippen LogP contribution in [-0.2, 0) is 126 Å². The Bertz CT molecular complexity index is 5410. The molecule has 5 aromatic rings. The van der Waals surface area contributed by atoms with Gasteiger partial charge in [0.05, 0.1) is 51.3 Å². The van der Waals surface area contributed by atoms with Gasteiger partial charge >= 0.3 is 5.97 Å². The number of phenolic OH excluding ortho intramolecular Hbond substituents is 1. The molecule has 0 unspecified atom stereocenters. The number of hydrogen-bond acceptors (Lipinski definition) is 31. The third-order valence-corrected chi connectivity index (χ3v) is 24.7. The van der Waals surface area contributed by atoms with Crippen molar-refractivity contribution < 1.29 is 126 Å². The fourth-order valence-corrected chi connectivity index (χ4v) is 16.6. The molecule has 2 aromatic heterocycles. The summed E-state index contributed by atoms with van der Waals surface area (Å²) in [7, 11) is 0. The zero-order chi connectivity index (χ0) is 109. The number of carboxylic acid groups (broad SMARTS) is 1. The van der Waals surface area contributed by atoms with Crippen LogP contribution in [0.5, 0.6) is 5.75 Å². The Hall–Kier alpha value is -14.5. The van der Waals surface area contributed by atoms with E-state index in [0.29, 0.717) is 34.0 Å². The quantitative estimate of drug-likeness (QED) is 0.00744. The second kappa shape index (κ2) is 60.6. The summed E-state index contributed by atoms with van der Waals surface area (Å²) >= 11 is 8.66. The molecular formula is C94H136N26O26S2. The summed E-state index contributed by atoms with van der Waals surface area (Å²) < 4.78 is 0. The minimum Gasteiger partial charge on any atom is -0.508 e. The lowest BCUT2D eigenvalue weighted by atomic mass is 9.99. The van der Waals surface area contributed by atoms with E-state index < -0.39 is 278 Å². The largest absolute Gasteiger partial charge is 0.508 e. The second-order valence-electron chi connectivity index (χ2n) is 36.4. The number of nitrogens with one attached hydrogen (secondary N) is 20. The molecule has 4 heterocycles. The molecule has 2 aliphatic rings. The van der Waals surface area contributed by atoms with Crippen molar-refractivity contribution in [2.24, 2.45) is 29.1 Å². The van der Waals surface area contributed by atoms with Crippen molar-refractivity contribution in [1.82, 2.24) is 121 Å². The first-order valence-corrected chi connectivity index (χ1v) is 49.4. The number of para-hydroxylation sites is 1. The number of aromatic hydroxyl groups is 1. The molecule has 54 heteroatoms. The topological polar surface area (TPSA) is 805 Å². The Morgan fingerprint density at radius 2 is 0.926 bits per heavy atom. The number of fused-ring (bicyclic) bond motifs is 1. The van der Waals surface area contributed by atoms with Crippen molar-refractivity contribution in [1.29, 1.82) is 0 Å². The van der Waals surface area contributed by atoms with Crippen molar-refractivity contribution >= 4 is 160 Å². The number of primary amides is 1. The Kier molecular flexibility index (Phi) is 49.3. The smallest absolute Gasteiger partial charge is 0.322 e. The molecule has 20 amide bonds. The third kappa shape index (κ3) is 38.4. The van der Waals surface area contributed by atoms with Gasteiger partial charge in [-0.05, 0) is 125 Å². The number of phenols is 1. The van der Waals surface area contributed by atoms with E-state index in [2.05, 4.69) is 136 Å². The summed E-state index contributed by atoms with van der Waals surface area (Å²) in [4.78, 5) is 303. The van der Waals surface area contributed by atoms with Gasteiger partial charge in [-0.2, -0.15) is 25.3 Å². The number of amides is 20. The number of aromatic amines is 2. The summed E-state index contributed by atoms with van der Waals surface area (Å²) in [5, 5.41) is 94.2. The van der Waals surface area contributed by atoms with E-state index in [1.54, 1.807) is 88.5 Å². The monoisotopic (exact) mass is 2110 g/mol. The van der Waals surface area contributed by atoms with Crippen molar-refractivity contribution in [3.8, 4) is 5.75 Å². The zero-order valence-corrected chi connectivity index (χ0v) is 84.5. The molecule has 52 nitrogen and oxygen atoms in total. The lowest BCUT2D eigenvalue weighted by molar-refractivity contribution is -0.142. The SMILES string of the molecule is CC(C)C[C@H](NC(=O)[C@@H]1CCCN1C(=O)CNC(=O)[C@H](Cc1ccccc1)NC(=O)[C@H](Cc1cnc[nH]1)NC(=O)[C@H](CS)NC(=O)[C@H](CO)NC(=O)[C@H](Cc1ccc(O)cc1)NC(=O)[C@@H](NC(=O)CNC(=O)CNN)[C@@H](C)O)C(=O)N[C@H](C(=O)N[C@@H](Cc1c[nH]c2ccccc12)C(=O)N[C@H](C(=O)N[C@@H](CS)C(=O)N[C@@H](CCCCN)C(=O)N1CCC[C@H]1C(=O)N[C@@H](CCC(N)=O)C(=O)NCC(=O)NCC(=O)O)C(C)C)[C@@H](C)O. The fraction of sp³-hybridized carbons (Fsp3) is 0.532. The van der Waals surface area contributed by atoms with E-state index in [0.717, 1.165) is 6.92 Å². The van der Waals surface area contributed by atoms with Gasteiger partial charge in [-0.25, -0.2) is 4.98 Å². The molecule has 7 rings (SSSR count). The number of hydrazine groups is 1. The Balaban J connectivity index is 1.01. The minimum atomic E-state index is -1.88. The second-order valence-corrected chi connectivity index (χ2v) is 37.2. The summed E-state index contributed by atoms with van der Waals surface area (Å²) in [5.41, 5.74) is 15.5. The molecule has 31 N–H and O–H groups in total. The molecule has 3 aromatic carbocycles. The maximum atomic E-state index is 15.0. The van der Waals surface area contributed by atoms with Crippen LogP contribution in [0.15, 0.2) is 97.6 Å². The van der Waals surface area contributed by atoms with E-state index in [1.165, 1.54) is 53.5 Å². The van der Waals surface area contributed by atoms with Gasteiger partial charge in [0.2, 0.25) is 118 Å². The number of carboxylic acids is 1. The fourth-order valence-electron chi connectivity index (χ4n) is 16.1. The number of thiol groups is 2. The average molecular weight is 2110 g/mol. The van der Waals surface area contributed by atoms with Crippen LogP contribution < -0.4 is 113 Å². The molecule has 17 atom stereocenters. The van der Waals surface area contributed by atoms with Crippen LogP contribution in [0.2, 0.25) is 0 Å². The number of hydrogen-bond donors (Lipinski definition) is 30. The Morgan fingerprint density at radius 3 is 1.49 bits per heavy atom. The maximum Gasteiger partial charge on any atom is 0.322 e.